The van der Waals surface area contributed by atoms with Gasteiger partial charge in [0, 0.05) is 5.69 Å². The monoisotopic (exact) mass is 352 g/mol. The molecule has 0 aliphatic heterocycles. The van der Waals surface area contributed by atoms with Gasteiger partial charge in [-0.3, -0.25) is 20.7 Å². The van der Waals surface area contributed by atoms with E-state index in [9.17, 15) is 4.79 Å². The van der Waals surface area contributed by atoms with Crippen molar-refractivity contribution in [2.45, 2.75) is 13.0 Å². The van der Waals surface area contributed by atoms with Crippen molar-refractivity contribution in [1.82, 2.24) is 20.6 Å². The van der Waals surface area contributed by atoms with Crippen molar-refractivity contribution >= 4 is 17.3 Å². The minimum Gasteiger partial charge on any atom is -0.497 e. The molecule has 134 valence electrons. The Morgan fingerprint density at radius 2 is 1.85 bits per heavy atom. The highest BCUT2D eigenvalue weighted by atomic mass is 16.5. The molecule has 1 heterocycles. The van der Waals surface area contributed by atoms with Gasteiger partial charge in [-0.15, -0.1) is 0 Å². The molecule has 3 aromatic rings. The van der Waals surface area contributed by atoms with Crippen LogP contribution >= 0.6 is 0 Å². The van der Waals surface area contributed by atoms with Gasteiger partial charge in [-0.1, -0.05) is 18.2 Å². The summed E-state index contributed by atoms with van der Waals surface area (Å²) in [6.45, 7) is 0.475. The first-order valence-electron chi connectivity index (χ1n) is 8.11. The van der Waals surface area contributed by atoms with E-state index in [1.165, 1.54) is 0 Å². The highest BCUT2D eigenvalue weighted by Gasteiger charge is 2.09. The zero-order valence-corrected chi connectivity index (χ0v) is 14.3. The SMILES string of the molecule is COc1ccc(NCc2nc(CC(=O)NNc3ccccc3)n[nH]2)cc1. The van der Waals surface area contributed by atoms with Crippen molar-refractivity contribution in [3.63, 3.8) is 0 Å². The van der Waals surface area contributed by atoms with Crippen molar-refractivity contribution in [3.8, 4) is 5.75 Å². The molecule has 26 heavy (non-hydrogen) atoms. The maximum atomic E-state index is 11.9. The lowest BCUT2D eigenvalue weighted by atomic mass is 10.3. The molecule has 0 saturated heterocycles. The number of H-pyrrole nitrogens is 1. The summed E-state index contributed by atoms with van der Waals surface area (Å²) in [5.74, 6) is 1.67. The molecular weight excluding hydrogens is 332 g/mol. The van der Waals surface area contributed by atoms with Gasteiger partial charge in [0.15, 0.2) is 5.82 Å². The summed E-state index contributed by atoms with van der Waals surface area (Å²) in [4.78, 5) is 16.3. The number of aromatic nitrogens is 3. The Balaban J connectivity index is 1.45. The maximum absolute atomic E-state index is 11.9. The summed E-state index contributed by atoms with van der Waals surface area (Å²) in [7, 11) is 1.63. The van der Waals surface area contributed by atoms with Gasteiger partial charge in [0.1, 0.15) is 11.6 Å². The van der Waals surface area contributed by atoms with Crippen molar-refractivity contribution in [1.29, 1.82) is 0 Å². The van der Waals surface area contributed by atoms with Crippen LogP contribution in [0.15, 0.2) is 54.6 Å². The molecule has 0 unspecified atom stereocenters. The number of aromatic amines is 1. The van der Waals surface area contributed by atoms with E-state index in [-0.39, 0.29) is 12.3 Å². The number of amides is 1. The number of benzene rings is 2. The van der Waals surface area contributed by atoms with Gasteiger partial charge < -0.3 is 10.1 Å². The second kappa shape index (κ2) is 8.52. The topological polar surface area (TPSA) is 104 Å². The first-order valence-corrected chi connectivity index (χ1v) is 8.11. The van der Waals surface area contributed by atoms with Gasteiger partial charge >= 0.3 is 0 Å². The van der Waals surface area contributed by atoms with Crippen LogP contribution in [0, 0.1) is 0 Å². The minimum atomic E-state index is -0.220. The fraction of sp³-hybridized carbons (Fsp3) is 0.167. The third kappa shape index (κ3) is 4.97. The van der Waals surface area contributed by atoms with Gasteiger partial charge in [-0.05, 0) is 36.4 Å². The molecule has 2 aromatic carbocycles. The third-order valence-electron chi connectivity index (χ3n) is 3.57. The smallest absolute Gasteiger partial charge is 0.246 e. The van der Waals surface area contributed by atoms with Crippen molar-refractivity contribution in [2.75, 3.05) is 17.9 Å². The number of para-hydroxylation sites is 1. The van der Waals surface area contributed by atoms with Crippen LogP contribution in [0.1, 0.15) is 11.6 Å². The van der Waals surface area contributed by atoms with Crippen LogP contribution in [0.2, 0.25) is 0 Å². The second-order valence-electron chi connectivity index (χ2n) is 5.50. The summed E-state index contributed by atoms with van der Waals surface area (Å²) >= 11 is 0. The Bertz CT molecular complexity index is 832. The lowest BCUT2D eigenvalue weighted by molar-refractivity contribution is -0.120. The fourth-order valence-electron chi connectivity index (χ4n) is 2.24. The standard InChI is InChI=1S/C18H20N6O2/c1-26-15-9-7-13(8-10-15)19-12-17-20-16(22-23-17)11-18(25)24-21-14-5-3-2-4-6-14/h2-10,19,21H,11-12H2,1H3,(H,24,25)(H,20,22,23). The average molecular weight is 352 g/mol. The zero-order chi connectivity index (χ0) is 18.2. The van der Waals surface area contributed by atoms with E-state index in [4.69, 9.17) is 4.74 Å². The van der Waals surface area contributed by atoms with Gasteiger partial charge in [0.2, 0.25) is 5.91 Å². The molecule has 0 bridgehead atoms. The van der Waals surface area contributed by atoms with E-state index in [1.807, 2.05) is 54.6 Å². The fourth-order valence-corrected chi connectivity index (χ4v) is 2.24. The zero-order valence-electron chi connectivity index (χ0n) is 14.3. The molecule has 0 aliphatic carbocycles. The molecule has 0 spiro atoms. The predicted octanol–water partition coefficient (Wildman–Crippen LogP) is 2.11. The summed E-state index contributed by atoms with van der Waals surface area (Å²) in [6, 6.07) is 17.0. The average Bonchev–Trinajstić information content (AvgIpc) is 3.13. The van der Waals surface area contributed by atoms with Gasteiger partial charge in [0.05, 0.1) is 25.8 Å². The van der Waals surface area contributed by atoms with Crippen LogP contribution in [0.3, 0.4) is 0 Å². The number of rotatable bonds is 8. The molecule has 1 amide bonds. The molecule has 8 heteroatoms. The largest absolute Gasteiger partial charge is 0.497 e. The Kier molecular flexibility index (Phi) is 5.66. The molecule has 1 aromatic heterocycles. The van der Waals surface area contributed by atoms with Crippen molar-refractivity contribution < 1.29 is 9.53 Å². The first-order chi connectivity index (χ1) is 12.7. The van der Waals surface area contributed by atoms with Gasteiger partial charge in [0.25, 0.3) is 0 Å². The number of carbonyl (C=O) groups is 1. The van der Waals surface area contributed by atoms with Crippen LogP contribution in [-0.4, -0.2) is 28.2 Å². The lowest BCUT2D eigenvalue weighted by Gasteiger charge is -2.06. The van der Waals surface area contributed by atoms with Crippen LogP contribution < -0.4 is 20.9 Å². The number of hydrogen-bond acceptors (Lipinski definition) is 6. The Hall–Kier alpha value is -3.55. The summed E-state index contributed by atoms with van der Waals surface area (Å²) in [5, 5.41) is 10.1. The number of hydrogen-bond donors (Lipinski definition) is 4. The van der Waals surface area contributed by atoms with E-state index < -0.39 is 0 Å². The van der Waals surface area contributed by atoms with Crippen LogP contribution in [0.5, 0.6) is 5.75 Å². The van der Waals surface area contributed by atoms with E-state index in [2.05, 4.69) is 31.3 Å². The van der Waals surface area contributed by atoms with Crippen LogP contribution in [0.25, 0.3) is 0 Å². The molecule has 0 radical (unpaired) electrons. The quantitative estimate of drug-likeness (QED) is 0.463. The van der Waals surface area contributed by atoms with E-state index >= 15 is 0 Å². The Morgan fingerprint density at radius 3 is 2.58 bits per heavy atom. The normalized spacial score (nSPS) is 10.2. The first kappa shape index (κ1) is 17.3. The molecule has 4 N–H and O–H groups in total. The summed E-state index contributed by atoms with van der Waals surface area (Å²) in [6.07, 6.45) is 0.0822. The van der Waals surface area contributed by atoms with Crippen LogP contribution in [-0.2, 0) is 17.8 Å². The molecule has 0 atom stereocenters. The predicted molar refractivity (Wildman–Crippen MR) is 98.6 cm³/mol. The number of carbonyl (C=O) groups excluding carboxylic acids is 1. The van der Waals surface area contributed by atoms with Crippen molar-refractivity contribution in [3.05, 3.63) is 66.2 Å². The van der Waals surface area contributed by atoms with E-state index in [1.54, 1.807) is 7.11 Å². The van der Waals surface area contributed by atoms with Crippen molar-refractivity contribution in [2.24, 2.45) is 0 Å². The number of hydrazine groups is 1. The van der Waals surface area contributed by atoms with E-state index in [0.29, 0.717) is 18.2 Å². The highest BCUT2D eigenvalue weighted by molar-refractivity contribution is 5.79. The van der Waals surface area contributed by atoms with Gasteiger partial charge in [-0.2, -0.15) is 5.10 Å². The van der Waals surface area contributed by atoms with Gasteiger partial charge in [-0.25, -0.2) is 4.98 Å². The minimum absolute atomic E-state index is 0.0822. The number of nitrogens with one attached hydrogen (secondary N) is 4. The molecule has 0 aliphatic rings. The van der Waals surface area contributed by atoms with Crippen LogP contribution in [0.4, 0.5) is 11.4 Å². The molecule has 3 rings (SSSR count). The lowest BCUT2D eigenvalue weighted by Crippen LogP contribution is -2.31. The molecule has 8 nitrogen and oxygen atoms in total. The number of ether oxygens (including phenoxy) is 1. The number of anilines is 2. The highest BCUT2D eigenvalue weighted by Crippen LogP contribution is 2.15. The number of nitrogens with zero attached hydrogens (tertiary/aromatic N) is 2. The van der Waals surface area contributed by atoms with E-state index in [0.717, 1.165) is 17.1 Å². The Morgan fingerprint density at radius 1 is 1.08 bits per heavy atom. The maximum Gasteiger partial charge on any atom is 0.246 e. The third-order valence-corrected chi connectivity index (χ3v) is 3.57. The Labute approximate surface area is 151 Å². The molecule has 0 fully saturated rings. The second-order valence-corrected chi connectivity index (χ2v) is 5.50. The number of methoxy groups -OCH3 is 1. The summed E-state index contributed by atoms with van der Waals surface area (Å²) in [5.41, 5.74) is 7.20. The molecular formula is C18H20N6O2. The summed E-state index contributed by atoms with van der Waals surface area (Å²) < 4.78 is 5.12. The molecule has 0 saturated carbocycles.